The van der Waals surface area contributed by atoms with Crippen LogP contribution in [0.2, 0.25) is 0 Å². The topological polar surface area (TPSA) is 65.1 Å². The van der Waals surface area contributed by atoms with Gasteiger partial charge < -0.3 is 9.47 Å². The molecule has 0 saturated heterocycles. The maximum atomic E-state index is 13.4. The third kappa shape index (κ3) is 4.05. The Morgan fingerprint density at radius 2 is 1.68 bits per heavy atom. The fourth-order valence-corrected chi connectivity index (χ4v) is 4.48. The quantitative estimate of drug-likeness (QED) is 0.512. The summed E-state index contributed by atoms with van der Waals surface area (Å²) < 4.78 is 4.94. The molecule has 3 aromatic rings. The number of imidazole rings is 1. The highest BCUT2D eigenvalue weighted by atomic mass is 16.2. The standard InChI is InChI=1S/C24H33N5O2/c1-4-5-6-7-8-9-15-29-22(30)20-21(26(3)24(29)31)25-23-27(16-10-17-28(20)23)19-13-11-18(2)12-14-19/h11-14H,4-10,15-17H2,1-3H3. The van der Waals surface area contributed by atoms with E-state index in [0.29, 0.717) is 17.7 Å². The minimum Gasteiger partial charge on any atom is -0.312 e. The first-order valence-electron chi connectivity index (χ1n) is 11.6. The zero-order chi connectivity index (χ0) is 22.0. The normalized spacial score (nSPS) is 13.7. The second kappa shape index (κ2) is 9.12. The van der Waals surface area contributed by atoms with E-state index in [2.05, 4.69) is 43.0 Å². The van der Waals surface area contributed by atoms with E-state index in [-0.39, 0.29) is 11.2 Å². The molecule has 3 heterocycles. The lowest BCUT2D eigenvalue weighted by Crippen LogP contribution is -2.40. The van der Waals surface area contributed by atoms with Gasteiger partial charge in [-0.15, -0.1) is 0 Å². The van der Waals surface area contributed by atoms with Crippen molar-refractivity contribution in [1.82, 2.24) is 18.7 Å². The van der Waals surface area contributed by atoms with Crippen LogP contribution >= 0.6 is 0 Å². The average Bonchev–Trinajstić information content (AvgIpc) is 3.17. The molecule has 0 amide bonds. The van der Waals surface area contributed by atoms with Crippen molar-refractivity contribution < 1.29 is 0 Å². The predicted molar refractivity (Wildman–Crippen MR) is 125 cm³/mol. The van der Waals surface area contributed by atoms with Crippen LogP contribution in [-0.2, 0) is 20.1 Å². The van der Waals surface area contributed by atoms with Gasteiger partial charge >= 0.3 is 5.69 Å². The van der Waals surface area contributed by atoms with Gasteiger partial charge in [0, 0.05) is 32.4 Å². The first-order valence-corrected chi connectivity index (χ1v) is 11.6. The van der Waals surface area contributed by atoms with E-state index in [4.69, 9.17) is 4.98 Å². The molecule has 0 unspecified atom stereocenters. The van der Waals surface area contributed by atoms with Crippen molar-refractivity contribution in [2.24, 2.45) is 7.05 Å². The molecule has 0 bridgehead atoms. The first-order chi connectivity index (χ1) is 15.0. The fourth-order valence-electron chi connectivity index (χ4n) is 4.48. The van der Waals surface area contributed by atoms with Crippen LogP contribution in [0.1, 0.15) is 57.4 Å². The first kappa shape index (κ1) is 21.4. The highest BCUT2D eigenvalue weighted by Gasteiger charge is 2.26. The van der Waals surface area contributed by atoms with E-state index in [9.17, 15) is 9.59 Å². The van der Waals surface area contributed by atoms with Crippen molar-refractivity contribution in [2.75, 3.05) is 11.4 Å². The van der Waals surface area contributed by atoms with Crippen molar-refractivity contribution in [3.63, 3.8) is 0 Å². The second-order valence-corrected chi connectivity index (χ2v) is 8.64. The number of rotatable bonds is 8. The summed E-state index contributed by atoms with van der Waals surface area (Å²) in [7, 11) is 1.72. The molecule has 4 rings (SSSR count). The molecular weight excluding hydrogens is 390 g/mol. The lowest BCUT2D eigenvalue weighted by molar-refractivity contribution is 0.524. The van der Waals surface area contributed by atoms with E-state index < -0.39 is 0 Å². The van der Waals surface area contributed by atoms with Crippen LogP contribution in [0.15, 0.2) is 33.9 Å². The molecule has 1 aliphatic heterocycles. The van der Waals surface area contributed by atoms with Gasteiger partial charge in [-0.25, -0.2) is 4.79 Å². The Balaban J connectivity index is 1.70. The Kier molecular flexibility index (Phi) is 6.30. The number of hydrogen-bond donors (Lipinski definition) is 0. The highest BCUT2D eigenvalue weighted by molar-refractivity contribution is 5.77. The summed E-state index contributed by atoms with van der Waals surface area (Å²) in [6, 6.07) is 8.33. The van der Waals surface area contributed by atoms with Crippen LogP contribution in [0.4, 0.5) is 11.6 Å². The molecule has 1 aliphatic rings. The SMILES string of the molecule is CCCCCCCCn1c(=O)c2c(nc3n2CCCN3c2ccc(C)cc2)n(C)c1=O. The number of nitrogens with zero attached hydrogens (tertiary/aromatic N) is 5. The summed E-state index contributed by atoms with van der Waals surface area (Å²) >= 11 is 0. The Bertz CT molecular complexity index is 1170. The minimum absolute atomic E-state index is 0.212. The molecule has 0 fully saturated rings. The number of fused-ring (bicyclic) bond motifs is 3. The Morgan fingerprint density at radius 3 is 2.42 bits per heavy atom. The number of anilines is 2. The Labute approximate surface area is 182 Å². The monoisotopic (exact) mass is 423 g/mol. The van der Waals surface area contributed by atoms with Crippen LogP contribution in [0.3, 0.4) is 0 Å². The summed E-state index contributed by atoms with van der Waals surface area (Å²) in [5.41, 5.74) is 2.79. The van der Waals surface area contributed by atoms with E-state index in [1.165, 1.54) is 34.0 Å². The number of hydrogen-bond acceptors (Lipinski definition) is 4. The molecule has 31 heavy (non-hydrogen) atoms. The molecule has 7 nitrogen and oxygen atoms in total. The summed E-state index contributed by atoms with van der Waals surface area (Å²) in [4.78, 5) is 33.2. The van der Waals surface area contributed by atoms with Crippen LogP contribution < -0.4 is 16.1 Å². The van der Waals surface area contributed by atoms with Crippen LogP contribution in [0.5, 0.6) is 0 Å². The number of unbranched alkanes of at least 4 members (excludes halogenated alkanes) is 5. The molecule has 0 radical (unpaired) electrons. The molecule has 0 atom stereocenters. The van der Waals surface area contributed by atoms with Crippen LogP contribution in [0.25, 0.3) is 11.2 Å². The largest absolute Gasteiger partial charge is 0.332 e. The van der Waals surface area contributed by atoms with Crippen molar-refractivity contribution >= 4 is 22.8 Å². The number of aromatic nitrogens is 4. The average molecular weight is 424 g/mol. The Hall–Kier alpha value is -2.83. The van der Waals surface area contributed by atoms with Gasteiger partial charge in [0.05, 0.1) is 0 Å². The molecule has 0 spiro atoms. The van der Waals surface area contributed by atoms with Crippen molar-refractivity contribution in [3.05, 3.63) is 50.7 Å². The second-order valence-electron chi connectivity index (χ2n) is 8.64. The van der Waals surface area contributed by atoms with Gasteiger partial charge in [0.2, 0.25) is 5.95 Å². The van der Waals surface area contributed by atoms with E-state index in [0.717, 1.165) is 50.4 Å². The zero-order valence-electron chi connectivity index (χ0n) is 18.9. The minimum atomic E-state index is -0.275. The molecule has 166 valence electrons. The van der Waals surface area contributed by atoms with Gasteiger partial charge in [0.25, 0.3) is 5.56 Å². The zero-order valence-corrected chi connectivity index (χ0v) is 18.9. The van der Waals surface area contributed by atoms with Gasteiger partial charge in [-0.1, -0.05) is 56.7 Å². The van der Waals surface area contributed by atoms with Crippen molar-refractivity contribution in [3.8, 4) is 0 Å². The molecule has 2 aromatic heterocycles. The van der Waals surface area contributed by atoms with Gasteiger partial charge in [0.1, 0.15) is 0 Å². The highest BCUT2D eigenvalue weighted by Crippen LogP contribution is 2.31. The third-order valence-corrected chi connectivity index (χ3v) is 6.30. The summed E-state index contributed by atoms with van der Waals surface area (Å²) in [6.07, 6.45) is 7.63. The predicted octanol–water partition coefficient (Wildman–Crippen LogP) is 4.11. The van der Waals surface area contributed by atoms with Gasteiger partial charge in [-0.3, -0.25) is 13.9 Å². The van der Waals surface area contributed by atoms with E-state index in [1.54, 1.807) is 7.05 Å². The summed E-state index contributed by atoms with van der Waals surface area (Å²) in [6.45, 7) is 6.31. The number of aryl methyl sites for hydroxylation is 3. The fraction of sp³-hybridized carbons (Fsp3) is 0.542. The summed E-state index contributed by atoms with van der Waals surface area (Å²) in [5.74, 6) is 0.745. The maximum absolute atomic E-state index is 13.4. The van der Waals surface area contributed by atoms with Crippen LogP contribution in [-0.4, -0.2) is 25.2 Å². The molecule has 0 saturated carbocycles. The molecule has 7 heteroatoms. The number of benzene rings is 1. The molecule has 0 aliphatic carbocycles. The summed E-state index contributed by atoms with van der Waals surface area (Å²) in [5, 5.41) is 0. The van der Waals surface area contributed by atoms with Gasteiger partial charge in [0.15, 0.2) is 11.2 Å². The molecular formula is C24H33N5O2. The van der Waals surface area contributed by atoms with Gasteiger partial charge in [-0.2, -0.15) is 4.98 Å². The van der Waals surface area contributed by atoms with Crippen LogP contribution in [0, 0.1) is 6.92 Å². The van der Waals surface area contributed by atoms with E-state index >= 15 is 0 Å². The Morgan fingerprint density at radius 1 is 0.968 bits per heavy atom. The van der Waals surface area contributed by atoms with Crippen molar-refractivity contribution in [2.45, 2.75) is 71.9 Å². The van der Waals surface area contributed by atoms with Gasteiger partial charge in [-0.05, 0) is 31.9 Å². The smallest absolute Gasteiger partial charge is 0.312 e. The maximum Gasteiger partial charge on any atom is 0.332 e. The lowest BCUT2D eigenvalue weighted by Gasteiger charge is -2.29. The lowest BCUT2D eigenvalue weighted by atomic mass is 10.1. The van der Waals surface area contributed by atoms with E-state index in [1.807, 2.05) is 4.57 Å². The third-order valence-electron chi connectivity index (χ3n) is 6.30. The molecule has 1 aromatic carbocycles. The van der Waals surface area contributed by atoms with Crippen molar-refractivity contribution in [1.29, 1.82) is 0 Å². The molecule has 0 N–H and O–H groups in total.